The van der Waals surface area contributed by atoms with Gasteiger partial charge < -0.3 is 5.73 Å². The largest absolute Gasteiger partial charge is 0.330 e. The SMILES string of the molecule is CC(CN)CC(=O)c1ccc(F)c(F)c1F. The van der Waals surface area contributed by atoms with Gasteiger partial charge >= 0.3 is 0 Å². The number of benzene rings is 1. The molecule has 5 heteroatoms. The minimum Gasteiger partial charge on any atom is -0.330 e. The molecule has 0 radical (unpaired) electrons. The topological polar surface area (TPSA) is 43.1 Å². The van der Waals surface area contributed by atoms with E-state index in [4.69, 9.17) is 5.73 Å². The zero-order valence-electron chi connectivity index (χ0n) is 8.77. The molecule has 88 valence electrons. The molecule has 0 heterocycles. The number of Topliss-reactive ketones (excluding diaryl/α,β-unsaturated/α-hetero) is 1. The van der Waals surface area contributed by atoms with Crippen LogP contribution in [0.4, 0.5) is 13.2 Å². The van der Waals surface area contributed by atoms with E-state index >= 15 is 0 Å². The van der Waals surface area contributed by atoms with Gasteiger partial charge in [0.25, 0.3) is 0 Å². The van der Waals surface area contributed by atoms with Crippen molar-refractivity contribution < 1.29 is 18.0 Å². The third-order valence-electron chi connectivity index (χ3n) is 2.27. The van der Waals surface area contributed by atoms with Gasteiger partial charge in [-0.25, -0.2) is 13.2 Å². The van der Waals surface area contributed by atoms with Crippen LogP contribution in [0.2, 0.25) is 0 Å². The number of halogens is 3. The summed E-state index contributed by atoms with van der Waals surface area (Å²) in [5, 5.41) is 0. The molecule has 1 atom stereocenters. The Hall–Kier alpha value is -1.36. The molecule has 0 aliphatic carbocycles. The quantitative estimate of drug-likeness (QED) is 0.638. The monoisotopic (exact) mass is 231 g/mol. The first-order valence-electron chi connectivity index (χ1n) is 4.84. The fraction of sp³-hybridized carbons (Fsp3) is 0.364. The average Bonchev–Trinajstić information content (AvgIpc) is 2.25. The van der Waals surface area contributed by atoms with Crippen molar-refractivity contribution in [3.8, 4) is 0 Å². The first kappa shape index (κ1) is 12.7. The molecule has 0 fully saturated rings. The third-order valence-corrected chi connectivity index (χ3v) is 2.27. The predicted octanol–water partition coefficient (Wildman–Crippen LogP) is 2.27. The minimum absolute atomic E-state index is 0.0124. The maximum absolute atomic E-state index is 13.2. The van der Waals surface area contributed by atoms with Crippen LogP contribution in [0.1, 0.15) is 23.7 Å². The van der Waals surface area contributed by atoms with Crippen LogP contribution < -0.4 is 5.73 Å². The first-order valence-corrected chi connectivity index (χ1v) is 4.84. The normalized spacial score (nSPS) is 12.6. The second kappa shape index (κ2) is 5.12. The second-order valence-electron chi connectivity index (χ2n) is 3.69. The van der Waals surface area contributed by atoms with E-state index in [1.54, 1.807) is 6.92 Å². The van der Waals surface area contributed by atoms with E-state index in [2.05, 4.69) is 0 Å². The van der Waals surface area contributed by atoms with E-state index in [-0.39, 0.29) is 18.9 Å². The number of nitrogens with two attached hydrogens (primary N) is 1. The van der Waals surface area contributed by atoms with Crippen LogP contribution in [0.25, 0.3) is 0 Å². The Kier molecular flexibility index (Phi) is 4.06. The maximum atomic E-state index is 13.2. The summed E-state index contributed by atoms with van der Waals surface area (Å²) in [7, 11) is 0. The molecule has 0 aliphatic rings. The molecule has 0 aromatic heterocycles. The summed E-state index contributed by atoms with van der Waals surface area (Å²) in [6, 6.07) is 1.68. The molecule has 0 saturated carbocycles. The minimum atomic E-state index is -1.62. The van der Waals surface area contributed by atoms with E-state index in [0.29, 0.717) is 0 Å². The molecule has 16 heavy (non-hydrogen) atoms. The van der Waals surface area contributed by atoms with Crippen molar-refractivity contribution in [3.63, 3.8) is 0 Å². The Labute approximate surface area is 91.3 Å². The molecular weight excluding hydrogens is 219 g/mol. The maximum Gasteiger partial charge on any atom is 0.195 e. The summed E-state index contributed by atoms with van der Waals surface area (Å²) in [5.41, 5.74) is 4.88. The summed E-state index contributed by atoms with van der Waals surface area (Å²) in [5.74, 6) is -5.06. The molecule has 1 aromatic rings. The Bertz CT molecular complexity index is 406. The Morgan fingerprint density at radius 3 is 2.50 bits per heavy atom. The van der Waals surface area contributed by atoms with E-state index in [9.17, 15) is 18.0 Å². The third kappa shape index (κ3) is 2.61. The highest BCUT2D eigenvalue weighted by Gasteiger charge is 2.19. The van der Waals surface area contributed by atoms with Gasteiger partial charge in [-0.2, -0.15) is 0 Å². The van der Waals surface area contributed by atoms with Crippen LogP contribution in [0.5, 0.6) is 0 Å². The molecule has 0 aliphatic heterocycles. The first-order chi connectivity index (χ1) is 7.47. The highest BCUT2D eigenvalue weighted by atomic mass is 19.2. The van der Waals surface area contributed by atoms with Crippen molar-refractivity contribution in [2.75, 3.05) is 6.54 Å². The molecule has 0 saturated heterocycles. The Morgan fingerprint density at radius 2 is 1.94 bits per heavy atom. The van der Waals surface area contributed by atoms with Crippen LogP contribution in [-0.4, -0.2) is 12.3 Å². The van der Waals surface area contributed by atoms with E-state index in [0.717, 1.165) is 12.1 Å². The van der Waals surface area contributed by atoms with Gasteiger partial charge in [-0.05, 0) is 24.6 Å². The molecule has 1 unspecified atom stereocenters. The van der Waals surface area contributed by atoms with Gasteiger partial charge in [0.05, 0.1) is 5.56 Å². The smallest absolute Gasteiger partial charge is 0.195 e. The van der Waals surface area contributed by atoms with Crippen molar-refractivity contribution in [1.29, 1.82) is 0 Å². The van der Waals surface area contributed by atoms with Gasteiger partial charge in [-0.1, -0.05) is 6.92 Å². The molecule has 0 spiro atoms. The molecule has 2 nitrogen and oxygen atoms in total. The zero-order valence-corrected chi connectivity index (χ0v) is 8.77. The van der Waals surface area contributed by atoms with Gasteiger partial charge in [0.1, 0.15) is 0 Å². The molecule has 0 bridgehead atoms. The molecular formula is C11H12F3NO. The number of rotatable bonds is 4. The Morgan fingerprint density at radius 1 is 1.31 bits per heavy atom. The van der Waals surface area contributed by atoms with Crippen molar-refractivity contribution in [3.05, 3.63) is 35.1 Å². The molecule has 1 rings (SSSR count). The van der Waals surface area contributed by atoms with Crippen molar-refractivity contribution in [2.45, 2.75) is 13.3 Å². The van der Waals surface area contributed by atoms with Crippen LogP contribution in [0.15, 0.2) is 12.1 Å². The van der Waals surface area contributed by atoms with Gasteiger partial charge in [-0.15, -0.1) is 0 Å². The number of hydrogen-bond acceptors (Lipinski definition) is 2. The zero-order chi connectivity index (χ0) is 12.3. The van der Waals surface area contributed by atoms with E-state index < -0.39 is 28.8 Å². The number of carbonyl (C=O) groups is 1. The lowest BCUT2D eigenvalue weighted by Gasteiger charge is -2.08. The van der Waals surface area contributed by atoms with Gasteiger partial charge in [0.2, 0.25) is 0 Å². The standard InChI is InChI=1S/C11H12F3NO/c1-6(5-15)4-9(16)7-2-3-8(12)11(14)10(7)13/h2-3,6H,4-5,15H2,1H3. The predicted molar refractivity (Wildman–Crippen MR) is 53.5 cm³/mol. The number of carbonyl (C=O) groups excluding carboxylic acids is 1. The van der Waals surface area contributed by atoms with Crippen LogP contribution in [0.3, 0.4) is 0 Å². The van der Waals surface area contributed by atoms with Gasteiger partial charge in [0, 0.05) is 6.42 Å². The van der Waals surface area contributed by atoms with Gasteiger partial charge in [-0.3, -0.25) is 4.79 Å². The Balaban J connectivity index is 2.97. The average molecular weight is 231 g/mol. The lowest BCUT2D eigenvalue weighted by atomic mass is 9.99. The van der Waals surface area contributed by atoms with Crippen molar-refractivity contribution in [1.82, 2.24) is 0 Å². The van der Waals surface area contributed by atoms with Crippen LogP contribution in [-0.2, 0) is 0 Å². The second-order valence-corrected chi connectivity index (χ2v) is 3.69. The molecule has 1 aromatic carbocycles. The summed E-state index contributed by atoms with van der Waals surface area (Å²) in [6.45, 7) is 1.99. The fourth-order valence-corrected chi connectivity index (χ4v) is 1.25. The summed E-state index contributed by atoms with van der Waals surface area (Å²) in [6.07, 6.45) is 0.0124. The van der Waals surface area contributed by atoms with E-state index in [1.165, 1.54) is 0 Å². The van der Waals surface area contributed by atoms with Crippen LogP contribution >= 0.6 is 0 Å². The van der Waals surface area contributed by atoms with Gasteiger partial charge in [0.15, 0.2) is 23.2 Å². The highest BCUT2D eigenvalue weighted by molar-refractivity contribution is 5.96. The number of hydrogen-bond donors (Lipinski definition) is 1. The molecule has 2 N–H and O–H groups in total. The van der Waals surface area contributed by atoms with Crippen molar-refractivity contribution >= 4 is 5.78 Å². The summed E-state index contributed by atoms with van der Waals surface area (Å²) in [4.78, 5) is 11.5. The number of ketones is 1. The molecule has 0 amide bonds. The summed E-state index contributed by atoms with van der Waals surface area (Å²) >= 11 is 0. The highest BCUT2D eigenvalue weighted by Crippen LogP contribution is 2.18. The van der Waals surface area contributed by atoms with Crippen LogP contribution in [0, 0.1) is 23.4 Å². The summed E-state index contributed by atoms with van der Waals surface area (Å²) < 4.78 is 38.6. The lowest BCUT2D eigenvalue weighted by Crippen LogP contribution is -2.16. The van der Waals surface area contributed by atoms with Crippen molar-refractivity contribution in [2.24, 2.45) is 11.7 Å². The fourth-order valence-electron chi connectivity index (χ4n) is 1.25. The lowest BCUT2D eigenvalue weighted by molar-refractivity contribution is 0.0960. The van der Waals surface area contributed by atoms with E-state index in [1.807, 2.05) is 0 Å².